The minimum atomic E-state index is -1.07. The Hall–Kier alpha value is -1.50. The van der Waals surface area contributed by atoms with E-state index in [0.717, 1.165) is 0 Å². The molecule has 17 heavy (non-hydrogen) atoms. The van der Waals surface area contributed by atoms with Crippen molar-refractivity contribution < 1.29 is 15.0 Å². The predicted octanol–water partition coefficient (Wildman–Crippen LogP) is -0.816. The van der Waals surface area contributed by atoms with Gasteiger partial charge < -0.3 is 21.3 Å². The Labute approximate surface area is 99.5 Å². The standard InChI is InChI=1S/C11H17N3O3/c1-13-3-2-9(15)10(16)7-4-8(11(12)17)6-14-5-7/h4-6,9-10,13,15-16H,2-3H2,1H3,(H2,12,17). The minimum Gasteiger partial charge on any atom is -0.390 e. The van der Waals surface area contributed by atoms with Crippen LogP contribution in [0, 0.1) is 0 Å². The van der Waals surface area contributed by atoms with Gasteiger partial charge in [0.1, 0.15) is 6.10 Å². The fraction of sp³-hybridized carbons (Fsp3) is 0.455. The highest BCUT2D eigenvalue weighted by Crippen LogP contribution is 2.18. The van der Waals surface area contributed by atoms with Gasteiger partial charge in [-0.2, -0.15) is 0 Å². The number of hydrogen-bond donors (Lipinski definition) is 4. The van der Waals surface area contributed by atoms with Crippen molar-refractivity contribution in [3.05, 3.63) is 29.6 Å². The average Bonchev–Trinajstić information content (AvgIpc) is 2.35. The second kappa shape index (κ2) is 6.29. The zero-order chi connectivity index (χ0) is 12.8. The summed E-state index contributed by atoms with van der Waals surface area (Å²) in [7, 11) is 1.76. The van der Waals surface area contributed by atoms with Gasteiger partial charge in [0.2, 0.25) is 5.91 Å². The maximum atomic E-state index is 10.9. The molecule has 6 heteroatoms. The molecule has 1 heterocycles. The molecular formula is C11H17N3O3. The molecule has 0 saturated heterocycles. The molecule has 5 N–H and O–H groups in total. The van der Waals surface area contributed by atoms with Crippen molar-refractivity contribution in [2.24, 2.45) is 5.73 Å². The molecule has 0 spiro atoms. The summed E-state index contributed by atoms with van der Waals surface area (Å²) in [6, 6.07) is 1.43. The van der Waals surface area contributed by atoms with Crippen molar-refractivity contribution in [3.8, 4) is 0 Å². The number of carbonyl (C=O) groups is 1. The molecule has 94 valence electrons. The van der Waals surface area contributed by atoms with Gasteiger partial charge in [-0.25, -0.2) is 0 Å². The molecule has 1 rings (SSSR count). The van der Waals surface area contributed by atoms with Crippen molar-refractivity contribution in [1.82, 2.24) is 10.3 Å². The summed E-state index contributed by atoms with van der Waals surface area (Å²) in [5.41, 5.74) is 5.70. The van der Waals surface area contributed by atoms with Crippen LogP contribution in [0.4, 0.5) is 0 Å². The summed E-state index contributed by atoms with van der Waals surface area (Å²) in [5.74, 6) is -0.615. The fourth-order valence-electron chi connectivity index (χ4n) is 1.43. The lowest BCUT2D eigenvalue weighted by Gasteiger charge is -2.17. The third-order valence-electron chi connectivity index (χ3n) is 2.44. The normalized spacial score (nSPS) is 14.3. The zero-order valence-corrected chi connectivity index (χ0v) is 9.63. The molecule has 6 nitrogen and oxygen atoms in total. The van der Waals surface area contributed by atoms with Crippen molar-refractivity contribution in [2.75, 3.05) is 13.6 Å². The predicted molar refractivity (Wildman–Crippen MR) is 62.3 cm³/mol. The van der Waals surface area contributed by atoms with Crippen molar-refractivity contribution >= 4 is 5.91 Å². The van der Waals surface area contributed by atoms with Crippen LogP contribution >= 0.6 is 0 Å². The largest absolute Gasteiger partial charge is 0.390 e. The number of amides is 1. The molecule has 0 fully saturated rings. The molecule has 0 aromatic carbocycles. The zero-order valence-electron chi connectivity index (χ0n) is 9.63. The SMILES string of the molecule is CNCCC(O)C(O)c1cncc(C(N)=O)c1. The van der Waals surface area contributed by atoms with Gasteiger partial charge >= 0.3 is 0 Å². The number of primary amides is 1. The van der Waals surface area contributed by atoms with Crippen LogP contribution in [0.25, 0.3) is 0 Å². The molecule has 0 aliphatic rings. The lowest BCUT2D eigenvalue weighted by atomic mass is 10.0. The van der Waals surface area contributed by atoms with Crippen molar-refractivity contribution in [3.63, 3.8) is 0 Å². The molecular weight excluding hydrogens is 222 g/mol. The molecule has 2 unspecified atom stereocenters. The lowest BCUT2D eigenvalue weighted by molar-refractivity contribution is 0.0138. The number of rotatable bonds is 6. The van der Waals surface area contributed by atoms with Gasteiger partial charge in [0.25, 0.3) is 0 Å². The molecule has 0 aliphatic heterocycles. The minimum absolute atomic E-state index is 0.211. The molecule has 0 bridgehead atoms. The van der Waals surface area contributed by atoms with E-state index in [1.54, 1.807) is 7.05 Å². The third-order valence-corrected chi connectivity index (χ3v) is 2.44. The Bertz CT molecular complexity index is 384. The van der Waals surface area contributed by atoms with Gasteiger partial charge in [-0.05, 0) is 26.1 Å². The van der Waals surface area contributed by atoms with E-state index < -0.39 is 18.1 Å². The van der Waals surface area contributed by atoms with Crippen LogP contribution in [0.3, 0.4) is 0 Å². The highest BCUT2D eigenvalue weighted by molar-refractivity contribution is 5.92. The lowest BCUT2D eigenvalue weighted by Crippen LogP contribution is -2.24. The first kappa shape index (κ1) is 13.6. The fourth-order valence-corrected chi connectivity index (χ4v) is 1.43. The second-order valence-electron chi connectivity index (χ2n) is 3.78. The van der Waals surface area contributed by atoms with Gasteiger partial charge in [-0.3, -0.25) is 9.78 Å². The highest BCUT2D eigenvalue weighted by Gasteiger charge is 2.19. The van der Waals surface area contributed by atoms with Crippen molar-refractivity contribution in [2.45, 2.75) is 18.6 Å². The number of hydrogen-bond acceptors (Lipinski definition) is 5. The van der Waals surface area contributed by atoms with Crippen molar-refractivity contribution in [1.29, 1.82) is 0 Å². The Morgan fingerprint density at radius 1 is 1.53 bits per heavy atom. The summed E-state index contributed by atoms with van der Waals surface area (Å²) in [6.45, 7) is 0.584. The molecule has 0 aliphatic carbocycles. The van der Waals surface area contributed by atoms with E-state index >= 15 is 0 Å². The molecule has 0 saturated carbocycles. The molecule has 2 atom stereocenters. The van der Waals surface area contributed by atoms with Crippen LogP contribution in [0.15, 0.2) is 18.5 Å². The number of nitrogens with two attached hydrogens (primary N) is 1. The van der Waals surface area contributed by atoms with Gasteiger partial charge in [0.15, 0.2) is 0 Å². The van der Waals surface area contributed by atoms with Gasteiger partial charge in [-0.1, -0.05) is 0 Å². The summed E-state index contributed by atoms with van der Waals surface area (Å²) in [5, 5.41) is 22.4. The van der Waals surface area contributed by atoms with E-state index in [0.29, 0.717) is 18.5 Å². The van der Waals surface area contributed by atoms with E-state index in [4.69, 9.17) is 5.73 Å². The maximum Gasteiger partial charge on any atom is 0.250 e. The summed E-state index contributed by atoms with van der Waals surface area (Å²) >= 11 is 0. The van der Waals surface area contributed by atoms with E-state index in [2.05, 4.69) is 10.3 Å². The van der Waals surface area contributed by atoms with Crippen LogP contribution < -0.4 is 11.1 Å². The molecule has 1 aromatic rings. The van der Waals surface area contributed by atoms with Crippen LogP contribution in [0.5, 0.6) is 0 Å². The molecule has 1 aromatic heterocycles. The Morgan fingerprint density at radius 3 is 2.82 bits per heavy atom. The number of aromatic nitrogens is 1. The van der Waals surface area contributed by atoms with Gasteiger partial charge in [0.05, 0.1) is 11.7 Å². The summed E-state index contributed by atoms with van der Waals surface area (Å²) in [6.07, 6.45) is 1.14. The number of carbonyl (C=O) groups excluding carboxylic acids is 1. The highest BCUT2D eigenvalue weighted by atomic mass is 16.3. The van der Waals surface area contributed by atoms with Crippen LogP contribution in [0.1, 0.15) is 28.4 Å². The molecule has 1 amide bonds. The first-order chi connectivity index (χ1) is 8.06. The summed E-state index contributed by atoms with van der Waals surface area (Å²) < 4.78 is 0. The summed E-state index contributed by atoms with van der Waals surface area (Å²) in [4.78, 5) is 14.7. The molecule has 0 radical (unpaired) electrons. The number of nitrogens with zero attached hydrogens (tertiary/aromatic N) is 1. The third kappa shape index (κ3) is 3.77. The van der Waals surface area contributed by atoms with Crippen LogP contribution in [0.2, 0.25) is 0 Å². The maximum absolute atomic E-state index is 10.9. The Kier molecular flexibility index (Phi) is 5.02. The van der Waals surface area contributed by atoms with E-state index in [9.17, 15) is 15.0 Å². The van der Waals surface area contributed by atoms with Crippen LogP contribution in [-0.4, -0.2) is 40.8 Å². The first-order valence-corrected chi connectivity index (χ1v) is 5.31. The second-order valence-corrected chi connectivity index (χ2v) is 3.78. The number of nitrogens with one attached hydrogen (secondary N) is 1. The monoisotopic (exact) mass is 239 g/mol. The Morgan fingerprint density at radius 2 is 2.24 bits per heavy atom. The number of aliphatic hydroxyl groups excluding tert-OH is 2. The van der Waals surface area contributed by atoms with E-state index in [-0.39, 0.29) is 5.56 Å². The van der Waals surface area contributed by atoms with E-state index in [1.165, 1.54) is 18.5 Å². The quantitative estimate of drug-likeness (QED) is 0.519. The van der Waals surface area contributed by atoms with E-state index in [1.807, 2.05) is 0 Å². The smallest absolute Gasteiger partial charge is 0.250 e. The average molecular weight is 239 g/mol. The van der Waals surface area contributed by atoms with Gasteiger partial charge in [-0.15, -0.1) is 0 Å². The van der Waals surface area contributed by atoms with Gasteiger partial charge in [0, 0.05) is 18.0 Å². The number of aliphatic hydroxyl groups is 2. The first-order valence-electron chi connectivity index (χ1n) is 5.31. The number of pyridine rings is 1. The van der Waals surface area contributed by atoms with Crippen LogP contribution in [-0.2, 0) is 0 Å². The Balaban J connectivity index is 2.77. The topological polar surface area (TPSA) is 108 Å².